The number of aliphatic hydroxyl groups excluding tert-OH is 1. The number of aliphatic hydroxyl groups is 1. The number of anilines is 2. The summed E-state index contributed by atoms with van der Waals surface area (Å²) in [6.07, 6.45) is 1.64. The van der Waals surface area contributed by atoms with Gasteiger partial charge in [0, 0.05) is 55.7 Å². The maximum Gasteiger partial charge on any atom is 0.119 e. The highest BCUT2D eigenvalue weighted by molar-refractivity contribution is 6.31. The molecule has 5 nitrogen and oxygen atoms in total. The zero-order chi connectivity index (χ0) is 24.8. The molecule has 6 heteroatoms. The molecular weight excluding hydrogens is 422 g/mol. The van der Waals surface area contributed by atoms with Crippen molar-refractivity contribution >= 4 is 39.6 Å². The molecule has 0 radical (unpaired) electrons. The number of halogens is 1. The second-order valence-corrected chi connectivity index (χ2v) is 6.85. The molecule has 3 aromatic rings. The van der Waals surface area contributed by atoms with Gasteiger partial charge in [-0.2, -0.15) is 0 Å². The van der Waals surface area contributed by atoms with Gasteiger partial charge in [-0.3, -0.25) is 4.98 Å². The fourth-order valence-corrected chi connectivity index (χ4v) is 3.15. The average molecular weight is 460 g/mol. The molecule has 176 valence electrons. The largest absolute Gasteiger partial charge is 0.508 e. The lowest BCUT2D eigenvalue weighted by Crippen LogP contribution is -2.12. The van der Waals surface area contributed by atoms with Gasteiger partial charge >= 0.3 is 0 Å². The molecule has 0 unspecified atom stereocenters. The van der Waals surface area contributed by atoms with E-state index in [2.05, 4.69) is 16.3 Å². The van der Waals surface area contributed by atoms with Gasteiger partial charge in [-0.1, -0.05) is 64.1 Å². The lowest BCUT2D eigenvalue weighted by Gasteiger charge is -2.20. The molecule has 0 aliphatic carbocycles. The number of rotatable bonds is 4. The fraction of sp³-hybridized carbons (Fsp3) is 0.346. The normalized spacial score (nSPS) is 9.41. The molecule has 0 saturated carbocycles. The van der Waals surface area contributed by atoms with Crippen LogP contribution in [0.4, 0.5) is 11.4 Å². The molecule has 32 heavy (non-hydrogen) atoms. The number of benzene rings is 2. The van der Waals surface area contributed by atoms with Crippen LogP contribution >= 0.6 is 11.6 Å². The maximum absolute atomic E-state index is 9.88. The van der Waals surface area contributed by atoms with Crippen molar-refractivity contribution in [1.29, 1.82) is 0 Å². The zero-order valence-corrected chi connectivity index (χ0v) is 21.4. The minimum atomic E-state index is -0.00879. The zero-order valence-electron chi connectivity index (χ0n) is 20.7. The number of fused-ring (bicyclic) bond motifs is 1. The van der Waals surface area contributed by atoms with Gasteiger partial charge in [-0.05, 0) is 30.7 Å². The van der Waals surface area contributed by atoms with Gasteiger partial charge in [0.15, 0.2) is 0 Å². The van der Waals surface area contributed by atoms with Crippen LogP contribution in [-0.4, -0.2) is 37.9 Å². The number of aromatic nitrogens is 1. The van der Waals surface area contributed by atoms with Crippen molar-refractivity contribution in [1.82, 2.24) is 4.98 Å². The van der Waals surface area contributed by atoms with Crippen LogP contribution in [0.1, 0.15) is 40.2 Å². The van der Waals surface area contributed by atoms with Gasteiger partial charge in [0.05, 0.1) is 16.8 Å². The molecule has 0 fully saturated rings. The van der Waals surface area contributed by atoms with Crippen LogP contribution in [-0.2, 0) is 4.74 Å². The maximum atomic E-state index is 9.88. The summed E-state index contributed by atoms with van der Waals surface area (Å²) in [5.41, 5.74) is 10.6. The number of methoxy groups -OCH3 is 1. The van der Waals surface area contributed by atoms with Crippen LogP contribution in [0, 0.1) is 0 Å². The van der Waals surface area contributed by atoms with Crippen molar-refractivity contribution in [3.63, 3.8) is 0 Å². The summed E-state index contributed by atoms with van der Waals surface area (Å²) in [5.74, 6) is -0.00879. The molecule has 0 saturated heterocycles. The first kappa shape index (κ1) is 29.2. The van der Waals surface area contributed by atoms with Gasteiger partial charge < -0.3 is 20.5 Å². The monoisotopic (exact) mass is 459 g/mol. The Morgan fingerprint density at radius 1 is 1.16 bits per heavy atom. The number of hydrogen-bond donors (Lipinski definition) is 2. The number of nitrogen functional groups attached to an aromatic ring is 1. The molecule has 0 spiro atoms. The van der Waals surface area contributed by atoms with Gasteiger partial charge in [0.2, 0.25) is 0 Å². The topological polar surface area (TPSA) is 71.6 Å². The molecule has 0 aliphatic heterocycles. The summed E-state index contributed by atoms with van der Waals surface area (Å²) in [6.45, 7) is 14.4. The first-order chi connectivity index (χ1) is 15.3. The van der Waals surface area contributed by atoms with Crippen LogP contribution in [0.5, 0.6) is 0 Å². The van der Waals surface area contributed by atoms with E-state index in [1.807, 2.05) is 83.9 Å². The molecule has 1 aromatic heterocycles. The van der Waals surface area contributed by atoms with Gasteiger partial charge in [0.1, 0.15) is 5.76 Å². The number of nitrogens with zero attached hydrogens (tertiary/aromatic N) is 2. The molecule has 0 amide bonds. The van der Waals surface area contributed by atoms with Crippen LogP contribution < -0.4 is 10.6 Å². The summed E-state index contributed by atoms with van der Waals surface area (Å²) in [4.78, 5) is 6.49. The van der Waals surface area contributed by atoms with Crippen molar-refractivity contribution in [2.24, 2.45) is 0 Å². The fourth-order valence-electron chi connectivity index (χ4n) is 2.90. The van der Waals surface area contributed by atoms with E-state index in [1.54, 1.807) is 19.4 Å². The Balaban J connectivity index is 0.00000106. The smallest absolute Gasteiger partial charge is 0.119 e. The molecule has 2 aromatic carbocycles. The third-order valence-corrected chi connectivity index (χ3v) is 4.37. The van der Waals surface area contributed by atoms with Gasteiger partial charge in [-0.25, -0.2) is 0 Å². The predicted molar refractivity (Wildman–Crippen MR) is 143 cm³/mol. The summed E-state index contributed by atoms with van der Waals surface area (Å²) in [6, 6.07) is 11.4. The SMILES string of the molecule is C=C(O)c1cnc2c(-c3cc(N)cc(Cl)c3)cccc2c1N(C)C.CC.CC.CCOC. The van der Waals surface area contributed by atoms with Gasteiger partial charge in [-0.15, -0.1) is 0 Å². The number of ether oxygens (including phenoxy) is 1. The Kier molecular flexibility index (Phi) is 13.8. The number of para-hydroxylation sites is 1. The minimum absolute atomic E-state index is 0.00879. The highest BCUT2D eigenvalue weighted by Gasteiger charge is 2.15. The third kappa shape index (κ3) is 7.74. The lowest BCUT2D eigenvalue weighted by atomic mass is 9.99. The average Bonchev–Trinajstić information content (AvgIpc) is 2.79. The number of pyridine rings is 1. The summed E-state index contributed by atoms with van der Waals surface area (Å²) in [5, 5.41) is 11.4. The van der Waals surface area contributed by atoms with Crippen molar-refractivity contribution in [3.05, 3.63) is 59.8 Å². The molecule has 0 atom stereocenters. The van der Waals surface area contributed by atoms with E-state index in [9.17, 15) is 5.11 Å². The number of nitrogens with two attached hydrogens (primary N) is 1. The summed E-state index contributed by atoms with van der Waals surface area (Å²) >= 11 is 6.15. The first-order valence-electron chi connectivity index (χ1n) is 10.8. The lowest BCUT2D eigenvalue weighted by molar-refractivity contribution is 0.215. The molecule has 1 heterocycles. The van der Waals surface area contributed by atoms with E-state index < -0.39 is 0 Å². The van der Waals surface area contributed by atoms with E-state index in [-0.39, 0.29) is 5.76 Å². The Morgan fingerprint density at radius 3 is 2.22 bits per heavy atom. The van der Waals surface area contributed by atoms with E-state index >= 15 is 0 Å². The van der Waals surface area contributed by atoms with Crippen LogP contribution in [0.15, 0.2) is 49.2 Å². The van der Waals surface area contributed by atoms with Crippen LogP contribution in [0.3, 0.4) is 0 Å². The second kappa shape index (κ2) is 15.1. The standard InChI is InChI=1S/C19H18ClN3O.C3H8O.2C2H6/c1-11(24)17-10-22-18-15(12-7-13(20)9-14(21)8-12)5-4-6-16(18)19(17)23(2)3;1-3-4-2;2*1-2/h4-10,24H,1,21H2,2-3H3;3H2,1-2H3;2*1-2H3. The molecule has 0 aliphatic rings. The number of hydrogen-bond acceptors (Lipinski definition) is 5. The van der Waals surface area contributed by atoms with Gasteiger partial charge in [0.25, 0.3) is 0 Å². The third-order valence-electron chi connectivity index (χ3n) is 4.15. The summed E-state index contributed by atoms with van der Waals surface area (Å²) in [7, 11) is 5.52. The van der Waals surface area contributed by atoms with Crippen molar-refractivity contribution in [2.75, 3.05) is 38.4 Å². The second-order valence-electron chi connectivity index (χ2n) is 6.41. The highest BCUT2D eigenvalue weighted by Crippen LogP contribution is 2.37. The molecular formula is C26H38ClN3O2. The molecule has 3 rings (SSSR count). The van der Waals surface area contributed by atoms with Crippen LogP contribution in [0.25, 0.3) is 27.8 Å². The highest BCUT2D eigenvalue weighted by atomic mass is 35.5. The van der Waals surface area contributed by atoms with Crippen molar-refractivity contribution in [2.45, 2.75) is 34.6 Å². The van der Waals surface area contributed by atoms with E-state index in [0.29, 0.717) is 16.3 Å². The Bertz CT molecular complexity index is 966. The Labute approximate surface area is 198 Å². The molecule has 0 bridgehead atoms. The summed E-state index contributed by atoms with van der Waals surface area (Å²) < 4.78 is 4.54. The van der Waals surface area contributed by atoms with Crippen LogP contribution in [0.2, 0.25) is 5.02 Å². The van der Waals surface area contributed by atoms with E-state index in [0.717, 1.165) is 34.3 Å². The Morgan fingerprint density at radius 2 is 1.75 bits per heavy atom. The van der Waals surface area contributed by atoms with E-state index in [4.69, 9.17) is 17.3 Å². The quantitative estimate of drug-likeness (QED) is 0.313. The Hall–Kier alpha value is -2.76. The molecule has 3 N–H and O–H groups in total. The predicted octanol–water partition coefficient (Wildman–Crippen LogP) is 7.44. The first-order valence-corrected chi connectivity index (χ1v) is 11.2. The minimum Gasteiger partial charge on any atom is -0.508 e. The van der Waals surface area contributed by atoms with E-state index in [1.165, 1.54) is 0 Å². The van der Waals surface area contributed by atoms with Crippen molar-refractivity contribution in [3.8, 4) is 11.1 Å². The van der Waals surface area contributed by atoms with Crippen molar-refractivity contribution < 1.29 is 9.84 Å².